The van der Waals surface area contributed by atoms with Gasteiger partial charge in [0.1, 0.15) is 11.9 Å². The van der Waals surface area contributed by atoms with E-state index in [2.05, 4.69) is 4.99 Å². The van der Waals surface area contributed by atoms with Gasteiger partial charge in [0.2, 0.25) is 0 Å². The maximum atomic E-state index is 13.8. The van der Waals surface area contributed by atoms with Crippen LogP contribution in [0.15, 0.2) is 23.2 Å². The van der Waals surface area contributed by atoms with Crippen LogP contribution in [0.2, 0.25) is 0 Å². The first kappa shape index (κ1) is 12.9. The van der Waals surface area contributed by atoms with Gasteiger partial charge in [0.25, 0.3) is 0 Å². The van der Waals surface area contributed by atoms with Gasteiger partial charge in [-0.2, -0.15) is 4.99 Å². The summed E-state index contributed by atoms with van der Waals surface area (Å²) in [6.45, 7) is 0.626. The molecule has 5 nitrogen and oxygen atoms in total. The van der Waals surface area contributed by atoms with E-state index >= 15 is 0 Å². The number of carbonyl (C=O) groups excluding carboxylic acids is 1. The van der Waals surface area contributed by atoms with E-state index in [4.69, 9.17) is 10.5 Å². The summed E-state index contributed by atoms with van der Waals surface area (Å²) in [5.41, 5.74) is 6.46. The number of amidine groups is 1. The van der Waals surface area contributed by atoms with Gasteiger partial charge < -0.3 is 15.4 Å². The Morgan fingerprint density at radius 2 is 2.25 bits per heavy atom. The number of benzene rings is 1. The molecule has 1 aliphatic carbocycles. The summed E-state index contributed by atoms with van der Waals surface area (Å²) in [4.78, 5) is 17.3. The Kier molecular flexibility index (Phi) is 3.08. The van der Waals surface area contributed by atoms with Crippen molar-refractivity contribution >= 4 is 11.9 Å². The van der Waals surface area contributed by atoms with Crippen molar-refractivity contribution in [3.05, 3.63) is 29.6 Å². The average Bonchev–Trinajstić information content (AvgIpc) is 3.17. The molecule has 0 aromatic heterocycles. The van der Waals surface area contributed by atoms with Crippen LogP contribution in [0, 0.1) is 11.7 Å². The summed E-state index contributed by atoms with van der Waals surface area (Å²) in [5.74, 6) is 0.441. The van der Waals surface area contributed by atoms with E-state index in [1.54, 1.807) is 11.0 Å². The zero-order valence-corrected chi connectivity index (χ0v) is 11.2. The predicted octanol–water partition coefficient (Wildman–Crippen LogP) is 2.08. The van der Waals surface area contributed by atoms with Crippen LogP contribution in [0.5, 0.6) is 5.75 Å². The zero-order valence-electron chi connectivity index (χ0n) is 11.2. The molecule has 1 aliphatic heterocycles. The first-order chi connectivity index (χ1) is 9.60. The molecule has 1 saturated carbocycles. The summed E-state index contributed by atoms with van der Waals surface area (Å²) in [5, 5.41) is 0. The van der Waals surface area contributed by atoms with Crippen molar-refractivity contribution < 1.29 is 13.9 Å². The number of urea groups is 1. The van der Waals surface area contributed by atoms with Crippen molar-refractivity contribution in [1.82, 2.24) is 4.90 Å². The van der Waals surface area contributed by atoms with Crippen LogP contribution in [0.25, 0.3) is 0 Å². The maximum Gasteiger partial charge on any atom is 0.346 e. The fourth-order valence-corrected chi connectivity index (χ4v) is 2.47. The molecule has 6 heteroatoms. The summed E-state index contributed by atoms with van der Waals surface area (Å²) < 4.78 is 18.7. The molecule has 1 aromatic carbocycles. The van der Waals surface area contributed by atoms with Gasteiger partial charge >= 0.3 is 6.03 Å². The van der Waals surface area contributed by atoms with E-state index in [0.717, 1.165) is 12.8 Å². The molecule has 3 rings (SSSR count). The molecule has 2 aliphatic rings. The molecule has 0 radical (unpaired) electrons. The lowest BCUT2D eigenvalue weighted by molar-refractivity contribution is 0.203. The standard InChI is InChI=1S/C14H16FN3O2/c1-20-11-5-4-9(6-10(11)15)12-13(16)17-14(19)18(12)7-8-2-3-8/h4-6,8,12H,2-3,7H2,1H3,(H2,16,17,19). The van der Waals surface area contributed by atoms with Crippen LogP contribution in [0.4, 0.5) is 9.18 Å². The number of rotatable bonds is 4. The number of aliphatic imine (C=N–C) groups is 1. The Hall–Kier alpha value is -2.11. The predicted molar refractivity (Wildman–Crippen MR) is 72.1 cm³/mol. The van der Waals surface area contributed by atoms with Crippen LogP contribution in [-0.4, -0.2) is 30.4 Å². The molecular weight excluding hydrogens is 261 g/mol. The Morgan fingerprint density at radius 1 is 1.50 bits per heavy atom. The molecule has 0 saturated heterocycles. The van der Waals surface area contributed by atoms with E-state index in [9.17, 15) is 9.18 Å². The van der Waals surface area contributed by atoms with Gasteiger partial charge in [-0.15, -0.1) is 0 Å². The molecule has 1 unspecified atom stereocenters. The minimum Gasteiger partial charge on any atom is -0.494 e. The number of hydrogen-bond donors (Lipinski definition) is 1. The van der Waals surface area contributed by atoms with Crippen LogP contribution >= 0.6 is 0 Å². The molecule has 2 amide bonds. The number of ether oxygens (including phenoxy) is 1. The Morgan fingerprint density at radius 3 is 2.85 bits per heavy atom. The highest BCUT2D eigenvalue weighted by molar-refractivity contribution is 6.03. The van der Waals surface area contributed by atoms with Crippen LogP contribution in [0.1, 0.15) is 24.4 Å². The molecule has 1 atom stereocenters. The number of hydrogen-bond acceptors (Lipinski definition) is 3. The first-order valence-corrected chi connectivity index (χ1v) is 6.58. The lowest BCUT2D eigenvalue weighted by Crippen LogP contribution is -2.34. The summed E-state index contributed by atoms with van der Waals surface area (Å²) >= 11 is 0. The highest BCUT2D eigenvalue weighted by Crippen LogP contribution is 2.36. The van der Waals surface area contributed by atoms with Crippen LogP contribution in [0.3, 0.4) is 0 Å². The third-order valence-electron chi connectivity index (χ3n) is 3.71. The highest BCUT2D eigenvalue weighted by atomic mass is 19.1. The van der Waals surface area contributed by atoms with Gasteiger partial charge in [0.05, 0.1) is 7.11 Å². The molecule has 106 valence electrons. The van der Waals surface area contributed by atoms with Gasteiger partial charge in [0.15, 0.2) is 11.6 Å². The lowest BCUT2D eigenvalue weighted by atomic mass is 10.0. The highest BCUT2D eigenvalue weighted by Gasteiger charge is 2.38. The quantitative estimate of drug-likeness (QED) is 0.916. The number of halogens is 1. The topological polar surface area (TPSA) is 67.9 Å². The van der Waals surface area contributed by atoms with Gasteiger partial charge in [-0.3, -0.25) is 0 Å². The van der Waals surface area contributed by atoms with Gasteiger partial charge in [-0.1, -0.05) is 6.07 Å². The molecular formula is C14H16FN3O2. The van der Waals surface area contributed by atoms with Crippen molar-refractivity contribution in [3.8, 4) is 5.75 Å². The van der Waals surface area contributed by atoms with Crippen molar-refractivity contribution in [3.63, 3.8) is 0 Å². The van der Waals surface area contributed by atoms with Crippen molar-refractivity contribution in [2.45, 2.75) is 18.9 Å². The molecule has 0 bridgehead atoms. The minimum atomic E-state index is -0.469. The number of amides is 2. The number of nitrogens with two attached hydrogens (primary N) is 1. The number of methoxy groups -OCH3 is 1. The monoisotopic (exact) mass is 277 g/mol. The van der Waals surface area contributed by atoms with Crippen LogP contribution in [-0.2, 0) is 0 Å². The van der Waals surface area contributed by atoms with Crippen LogP contribution < -0.4 is 10.5 Å². The van der Waals surface area contributed by atoms with Gasteiger partial charge in [-0.25, -0.2) is 9.18 Å². The third-order valence-corrected chi connectivity index (χ3v) is 3.71. The molecule has 2 N–H and O–H groups in total. The van der Waals surface area contributed by atoms with E-state index < -0.39 is 11.9 Å². The Balaban J connectivity index is 1.91. The third kappa shape index (κ3) is 2.21. The van der Waals surface area contributed by atoms with Crippen molar-refractivity contribution in [1.29, 1.82) is 0 Å². The SMILES string of the molecule is COc1ccc(C2C(N)=NC(=O)N2CC2CC2)cc1F. The van der Waals surface area contributed by atoms with Crippen molar-refractivity contribution in [2.75, 3.05) is 13.7 Å². The second-order valence-corrected chi connectivity index (χ2v) is 5.21. The zero-order chi connectivity index (χ0) is 14.3. The van der Waals surface area contributed by atoms with Crippen molar-refractivity contribution in [2.24, 2.45) is 16.6 Å². The molecule has 20 heavy (non-hydrogen) atoms. The average molecular weight is 277 g/mol. The molecule has 1 fully saturated rings. The van der Waals surface area contributed by atoms with E-state index in [0.29, 0.717) is 18.0 Å². The largest absolute Gasteiger partial charge is 0.494 e. The fourth-order valence-electron chi connectivity index (χ4n) is 2.47. The van der Waals surface area contributed by atoms with Gasteiger partial charge in [-0.05, 0) is 36.5 Å². The molecule has 0 spiro atoms. The lowest BCUT2D eigenvalue weighted by Gasteiger charge is -2.24. The minimum absolute atomic E-state index is 0.169. The van der Waals surface area contributed by atoms with E-state index in [-0.39, 0.29) is 17.6 Å². The summed E-state index contributed by atoms with van der Waals surface area (Å²) in [7, 11) is 1.41. The summed E-state index contributed by atoms with van der Waals surface area (Å²) in [6.07, 6.45) is 2.24. The fraction of sp³-hybridized carbons (Fsp3) is 0.429. The van der Waals surface area contributed by atoms with Gasteiger partial charge in [0, 0.05) is 6.54 Å². The Bertz CT molecular complexity index is 584. The van der Waals surface area contributed by atoms with E-state index in [1.807, 2.05) is 0 Å². The first-order valence-electron chi connectivity index (χ1n) is 6.58. The maximum absolute atomic E-state index is 13.8. The molecule has 1 aromatic rings. The number of nitrogens with zero attached hydrogens (tertiary/aromatic N) is 2. The Labute approximate surface area is 116 Å². The second-order valence-electron chi connectivity index (χ2n) is 5.21. The summed E-state index contributed by atoms with van der Waals surface area (Å²) in [6, 6.07) is 3.80. The smallest absolute Gasteiger partial charge is 0.346 e. The normalized spacial score (nSPS) is 22.1. The second kappa shape index (κ2) is 4.77. The van der Waals surface area contributed by atoms with E-state index in [1.165, 1.54) is 19.2 Å². The molecule has 1 heterocycles. The number of carbonyl (C=O) groups is 1.